The van der Waals surface area contributed by atoms with Crippen molar-refractivity contribution >= 4 is 0 Å². The van der Waals surface area contributed by atoms with Gasteiger partial charge in [0.05, 0.1) is 0 Å². The fourth-order valence-corrected chi connectivity index (χ4v) is 0.990. The van der Waals surface area contributed by atoms with Gasteiger partial charge < -0.3 is 10.4 Å². The molecule has 0 fully saturated rings. The minimum absolute atomic E-state index is 0.415. The lowest BCUT2D eigenvalue weighted by molar-refractivity contribution is -0.201. The quantitative estimate of drug-likeness (QED) is 0.661. The zero-order chi connectivity index (χ0) is 11.2. The van der Waals surface area contributed by atoms with Crippen LogP contribution >= 0.6 is 0 Å². The van der Waals surface area contributed by atoms with E-state index in [0.29, 0.717) is 12.5 Å². The molecule has 0 saturated heterocycles. The van der Waals surface area contributed by atoms with Crippen molar-refractivity contribution < 1.29 is 18.3 Å². The van der Waals surface area contributed by atoms with Crippen LogP contribution in [0.2, 0.25) is 0 Å². The number of hydrogen-bond acceptors (Lipinski definition) is 2. The molecule has 0 heterocycles. The molecule has 0 radical (unpaired) electrons. The minimum Gasteiger partial charge on any atom is -0.382 e. The number of hydrogen-bond donors (Lipinski definition) is 2. The molecule has 0 aliphatic rings. The topological polar surface area (TPSA) is 32.3 Å². The van der Waals surface area contributed by atoms with Crippen LogP contribution in [0.3, 0.4) is 0 Å². The first-order chi connectivity index (χ1) is 6.34. The van der Waals surface area contributed by atoms with E-state index in [0.717, 1.165) is 12.8 Å². The summed E-state index contributed by atoms with van der Waals surface area (Å²) >= 11 is 0. The molecule has 86 valence electrons. The number of alkyl halides is 3. The van der Waals surface area contributed by atoms with Gasteiger partial charge in [-0.05, 0) is 25.3 Å². The highest BCUT2D eigenvalue weighted by Gasteiger charge is 2.37. The summed E-state index contributed by atoms with van der Waals surface area (Å²) in [5.41, 5.74) is 0. The Labute approximate surface area is 82.5 Å². The van der Waals surface area contributed by atoms with Gasteiger partial charge in [0.15, 0.2) is 6.10 Å². The van der Waals surface area contributed by atoms with Crippen molar-refractivity contribution in [2.45, 2.75) is 39.0 Å². The van der Waals surface area contributed by atoms with E-state index in [2.05, 4.69) is 19.2 Å². The van der Waals surface area contributed by atoms with Crippen LogP contribution in [-0.2, 0) is 0 Å². The maximum absolute atomic E-state index is 11.8. The van der Waals surface area contributed by atoms with E-state index in [1.54, 1.807) is 0 Å². The van der Waals surface area contributed by atoms with Crippen molar-refractivity contribution in [2.24, 2.45) is 5.92 Å². The van der Waals surface area contributed by atoms with E-state index >= 15 is 0 Å². The summed E-state index contributed by atoms with van der Waals surface area (Å²) in [5, 5.41) is 11.2. The molecule has 0 amide bonds. The molecular formula is C9H18F3NO. The summed E-state index contributed by atoms with van der Waals surface area (Å²) < 4.78 is 35.4. The summed E-state index contributed by atoms with van der Waals surface area (Å²) in [5.74, 6) is 0.560. The van der Waals surface area contributed by atoms with Crippen molar-refractivity contribution in [3.63, 3.8) is 0 Å². The van der Waals surface area contributed by atoms with Gasteiger partial charge >= 0.3 is 6.18 Å². The molecule has 0 aliphatic heterocycles. The molecule has 2 nitrogen and oxygen atoms in total. The number of rotatable bonds is 6. The second-order valence-corrected chi connectivity index (χ2v) is 3.80. The Hall–Kier alpha value is -0.290. The maximum Gasteiger partial charge on any atom is 0.415 e. The fraction of sp³-hybridized carbons (Fsp3) is 1.00. The number of nitrogens with one attached hydrogen (secondary N) is 1. The average Bonchev–Trinajstić information content (AvgIpc) is 2.01. The van der Waals surface area contributed by atoms with Crippen molar-refractivity contribution in [3.05, 3.63) is 0 Å². The monoisotopic (exact) mass is 213 g/mol. The van der Waals surface area contributed by atoms with E-state index in [1.807, 2.05) is 0 Å². The Kier molecular flexibility index (Phi) is 6.11. The molecular weight excluding hydrogens is 195 g/mol. The van der Waals surface area contributed by atoms with Crippen molar-refractivity contribution in [3.8, 4) is 0 Å². The van der Waals surface area contributed by atoms with Gasteiger partial charge in [-0.2, -0.15) is 13.2 Å². The smallest absolute Gasteiger partial charge is 0.382 e. The van der Waals surface area contributed by atoms with Gasteiger partial charge in [0.1, 0.15) is 0 Å². The van der Waals surface area contributed by atoms with Gasteiger partial charge in [0.25, 0.3) is 0 Å². The molecule has 0 saturated carbocycles. The second-order valence-electron chi connectivity index (χ2n) is 3.80. The fourth-order valence-electron chi connectivity index (χ4n) is 0.990. The molecule has 1 atom stereocenters. The largest absolute Gasteiger partial charge is 0.415 e. The van der Waals surface area contributed by atoms with Gasteiger partial charge in [-0.15, -0.1) is 0 Å². The molecule has 14 heavy (non-hydrogen) atoms. The first kappa shape index (κ1) is 13.7. The standard InChI is InChI=1S/C9H18F3NO/c1-7(2)4-3-5-13-6-8(14)9(10,11)12/h7-8,13-14H,3-6H2,1-2H3. The molecule has 0 rings (SSSR count). The van der Waals surface area contributed by atoms with Gasteiger partial charge in [0, 0.05) is 6.54 Å². The third-order valence-electron chi connectivity index (χ3n) is 1.85. The van der Waals surface area contributed by atoms with Crippen LogP contribution in [0.15, 0.2) is 0 Å². The predicted octanol–water partition coefficient (Wildman–Crippen LogP) is 1.94. The highest BCUT2D eigenvalue weighted by molar-refractivity contribution is 4.67. The van der Waals surface area contributed by atoms with Gasteiger partial charge in [0.2, 0.25) is 0 Å². The van der Waals surface area contributed by atoms with Crippen LogP contribution in [0.4, 0.5) is 13.2 Å². The third-order valence-corrected chi connectivity index (χ3v) is 1.85. The molecule has 0 aliphatic carbocycles. The molecule has 0 aromatic heterocycles. The van der Waals surface area contributed by atoms with Crippen molar-refractivity contribution in [2.75, 3.05) is 13.1 Å². The minimum atomic E-state index is -4.51. The molecule has 5 heteroatoms. The normalized spacial score (nSPS) is 14.8. The third kappa shape index (κ3) is 7.15. The summed E-state index contributed by atoms with van der Waals surface area (Å²) in [6, 6.07) is 0. The Morgan fingerprint density at radius 3 is 2.29 bits per heavy atom. The number of aliphatic hydroxyl groups excluding tert-OH is 1. The SMILES string of the molecule is CC(C)CCCNCC(O)C(F)(F)F. The molecule has 0 aromatic carbocycles. The lowest BCUT2D eigenvalue weighted by Crippen LogP contribution is -2.38. The van der Waals surface area contributed by atoms with Gasteiger partial charge in [-0.25, -0.2) is 0 Å². The van der Waals surface area contributed by atoms with Crippen LogP contribution in [-0.4, -0.2) is 30.5 Å². The lowest BCUT2D eigenvalue weighted by atomic mass is 10.1. The van der Waals surface area contributed by atoms with E-state index in [9.17, 15) is 13.2 Å². The van der Waals surface area contributed by atoms with E-state index in [-0.39, 0.29) is 0 Å². The average molecular weight is 213 g/mol. The predicted molar refractivity (Wildman–Crippen MR) is 49.0 cm³/mol. The Morgan fingerprint density at radius 1 is 1.29 bits per heavy atom. The van der Waals surface area contributed by atoms with Crippen LogP contribution in [0, 0.1) is 5.92 Å². The number of halogens is 3. The first-order valence-electron chi connectivity index (χ1n) is 4.79. The number of aliphatic hydroxyl groups is 1. The molecule has 0 aromatic rings. The Bertz CT molecular complexity index is 147. The van der Waals surface area contributed by atoms with Crippen molar-refractivity contribution in [1.82, 2.24) is 5.32 Å². The first-order valence-corrected chi connectivity index (χ1v) is 4.79. The Morgan fingerprint density at radius 2 is 1.86 bits per heavy atom. The lowest BCUT2D eigenvalue weighted by Gasteiger charge is -2.15. The zero-order valence-electron chi connectivity index (χ0n) is 8.56. The van der Waals surface area contributed by atoms with E-state index in [4.69, 9.17) is 5.11 Å². The van der Waals surface area contributed by atoms with Gasteiger partial charge in [-0.1, -0.05) is 13.8 Å². The molecule has 0 bridgehead atoms. The molecule has 0 spiro atoms. The summed E-state index contributed by atoms with van der Waals surface area (Å²) in [6.45, 7) is 4.22. The van der Waals surface area contributed by atoms with E-state index < -0.39 is 18.8 Å². The van der Waals surface area contributed by atoms with Crippen LogP contribution in [0.5, 0.6) is 0 Å². The zero-order valence-corrected chi connectivity index (χ0v) is 8.56. The van der Waals surface area contributed by atoms with Crippen LogP contribution < -0.4 is 5.32 Å². The van der Waals surface area contributed by atoms with Crippen molar-refractivity contribution in [1.29, 1.82) is 0 Å². The van der Waals surface area contributed by atoms with Gasteiger partial charge in [-0.3, -0.25) is 0 Å². The van der Waals surface area contributed by atoms with Crippen LogP contribution in [0.25, 0.3) is 0 Å². The van der Waals surface area contributed by atoms with Crippen LogP contribution in [0.1, 0.15) is 26.7 Å². The maximum atomic E-state index is 11.8. The highest BCUT2D eigenvalue weighted by Crippen LogP contribution is 2.19. The van der Waals surface area contributed by atoms with E-state index in [1.165, 1.54) is 0 Å². The summed E-state index contributed by atoms with van der Waals surface area (Å²) in [6.07, 6.45) is -4.94. The summed E-state index contributed by atoms with van der Waals surface area (Å²) in [7, 11) is 0. The second kappa shape index (κ2) is 6.24. The summed E-state index contributed by atoms with van der Waals surface area (Å²) in [4.78, 5) is 0. The molecule has 1 unspecified atom stereocenters. The highest BCUT2D eigenvalue weighted by atomic mass is 19.4. The Balaban J connectivity index is 3.37. The molecule has 2 N–H and O–H groups in total.